The minimum Gasteiger partial charge on any atom is -0.462 e. The van der Waals surface area contributed by atoms with Crippen molar-refractivity contribution in [3.05, 3.63) is 0 Å². The topological polar surface area (TPSA) is 52.6 Å². The highest BCUT2D eigenvalue weighted by molar-refractivity contribution is 7.97. The summed E-state index contributed by atoms with van der Waals surface area (Å²) in [4.78, 5) is 21.7. The number of ether oxygens (including phenoxy) is 2. The lowest BCUT2D eigenvalue weighted by Gasteiger charge is -2.04. The summed E-state index contributed by atoms with van der Waals surface area (Å²) in [5.41, 5.74) is 0. The van der Waals surface area contributed by atoms with Gasteiger partial charge in [-0.3, -0.25) is 4.79 Å². The van der Waals surface area contributed by atoms with Gasteiger partial charge in [0.05, 0.1) is 0 Å². The number of carbonyl (C=O) groups excluding carboxylic acids is 2. The van der Waals surface area contributed by atoms with Gasteiger partial charge in [0.15, 0.2) is 0 Å². The van der Waals surface area contributed by atoms with Gasteiger partial charge in [0.25, 0.3) is 0 Å². The molecule has 0 amide bonds. The van der Waals surface area contributed by atoms with E-state index in [-0.39, 0.29) is 36.0 Å². The molecule has 0 atom stereocenters. The summed E-state index contributed by atoms with van der Waals surface area (Å²) in [7, 11) is 0.246. The summed E-state index contributed by atoms with van der Waals surface area (Å²) in [6.45, 7) is 1.67. The number of hydrogen-bond acceptors (Lipinski definition) is 4. The Morgan fingerprint density at radius 3 is 2.33 bits per heavy atom. The predicted molar refractivity (Wildman–Crippen MR) is 58.8 cm³/mol. The van der Waals surface area contributed by atoms with Gasteiger partial charge in [-0.2, -0.15) is 0 Å². The van der Waals surface area contributed by atoms with Crippen molar-refractivity contribution in [3.63, 3.8) is 0 Å². The molecule has 0 aliphatic carbocycles. The maximum absolute atomic E-state index is 11.3. The van der Waals surface area contributed by atoms with Gasteiger partial charge in [-0.25, -0.2) is 4.79 Å². The van der Waals surface area contributed by atoms with E-state index in [0.29, 0.717) is 5.75 Å². The summed E-state index contributed by atoms with van der Waals surface area (Å²) in [6, 6.07) is 0. The molecule has 1 aliphatic heterocycles. The molecule has 0 unspecified atom stereocenters. The Morgan fingerprint density at radius 2 is 1.73 bits per heavy atom. The fourth-order valence-electron chi connectivity index (χ4n) is 1.41. The maximum atomic E-state index is 11.3. The molecule has 86 valence electrons. The van der Waals surface area contributed by atoms with Gasteiger partial charge in [0.1, 0.15) is 24.7 Å². The van der Waals surface area contributed by atoms with E-state index in [0.717, 1.165) is 0 Å². The summed E-state index contributed by atoms with van der Waals surface area (Å²) < 4.78 is 9.59. The van der Waals surface area contributed by atoms with Crippen molar-refractivity contribution in [1.29, 1.82) is 0 Å². The van der Waals surface area contributed by atoms with Crippen LogP contribution in [0.1, 0.15) is 19.8 Å². The molecule has 0 spiro atoms. The zero-order chi connectivity index (χ0) is 11.1. The van der Waals surface area contributed by atoms with E-state index in [4.69, 9.17) is 4.74 Å². The summed E-state index contributed by atoms with van der Waals surface area (Å²) in [5.74, 6) is 2.37. The molecule has 0 radical (unpaired) electrons. The second-order valence-corrected chi connectivity index (χ2v) is 5.76. The summed E-state index contributed by atoms with van der Waals surface area (Å²) in [6.07, 6.45) is 2.48. The molecule has 0 aromatic rings. The molecule has 0 aromatic carbocycles. The van der Waals surface area contributed by atoms with Crippen LogP contribution >= 0.6 is 0 Å². The highest BCUT2D eigenvalue weighted by Crippen LogP contribution is 2.13. The van der Waals surface area contributed by atoms with E-state index in [1.807, 2.05) is 0 Å². The molecule has 1 fully saturated rings. The minimum absolute atomic E-state index is 0.160. The Hall–Kier alpha value is -0.710. The van der Waals surface area contributed by atoms with E-state index in [1.54, 1.807) is 0 Å². The van der Waals surface area contributed by atoms with Crippen molar-refractivity contribution < 1.29 is 19.1 Å². The van der Waals surface area contributed by atoms with Gasteiger partial charge in [-0.1, -0.05) is 0 Å². The molecule has 0 aromatic heterocycles. The van der Waals surface area contributed by atoms with Crippen molar-refractivity contribution in [2.24, 2.45) is 0 Å². The Labute approximate surface area is 92.7 Å². The van der Waals surface area contributed by atoms with Crippen molar-refractivity contribution in [2.75, 3.05) is 30.5 Å². The third-order valence-corrected chi connectivity index (χ3v) is 4.47. The van der Waals surface area contributed by atoms with E-state index < -0.39 is 0 Å². The second kappa shape index (κ2) is 6.71. The Bertz CT molecular complexity index is 223. The monoisotopic (exact) mass is 233 g/mol. The highest BCUT2D eigenvalue weighted by atomic mass is 32.2. The predicted octanol–water partition coefficient (Wildman–Crippen LogP) is 0.505. The fraction of sp³-hybridized carbons (Fsp3) is 0.800. The molecule has 1 rings (SSSR count). The molecule has 5 heteroatoms. The lowest BCUT2D eigenvalue weighted by atomic mass is 10.4. The van der Waals surface area contributed by atoms with Gasteiger partial charge < -0.3 is 9.47 Å². The average molecular weight is 233 g/mol. The summed E-state index contributed by atoms with van der Waals surface area (Å²) >= 11 is 0. The van der Waals surface area contributed by atoms with Crippen molar-refractivity contribution in [3.8, 4) is 0 Å². The maximum Gasteiger partial charge on any atom is 0.356 e. The lowest BCUT2D eigenvalue weighted by molar-refractivity contribution is -0.149. The third kappa shape index (κ3) is 5.67. The van der Waals surface area contributed by atoms with Crippen LogP contribution in [0, 0.1) is 0 Å². The third-order valence-electron chi connectivity index (χ3n) is 2.09. The van der Waals surface area contributed by atoms with Gasteiger partial charge >= 0.3 is 11.9 Å². The van der Waals surface area contributed by atoms with Gasteiger partial charge in [0, 0.05) is 6.92 Å². The Kier molecular flexibility index (Phi) is 5.53. The van der Waals surface area contributed by atoms with Crippen LogP contribution in [0.15, 0.2) is 0 Å². The molecule has 1 saturated heterocycles. The van der Waals surface area contributed by atoms with Gasteiger partial charge in [-0.05, 0) is 23.7 Å². The number of carbonyl (C=O) groups is 2. The Morgan fingerprint density at radius 1 is 1.13 bits per heavy atom. The van der Waals surface area contributed by atoms with Gasteiger partial charge in [0.2, 0.25) is 5.75 Å². The Balaban J connectivity index is 2.00. The highest BCUT2D eigenvalue weighted by Gasteiger charge is 2.27. The van der Waals surface area contributed by atoms with Crippen LogP contribution in [0.25, 0.3) is 0 Å². The normalized spacial score (nSPS) is 16.3. The SMILES string of the molecule is CC(=O)OCCOC(=O)C[S+]1CCCC1. The molecule has 1 heterocycles. The second-order valence-electron chi connectivity index (χ2n) is 3.43. The molecule has 0 saturated carbocycles. The molecule has 4 nitrogen and oxygen atoms in total. The van der Waals surface area contributed by atoms with Crippen molar-refractivity contribution in [2.45, 2.75) is 19.8 Å². The zero-order valence-electron chi connectivity index (χ0n) is 8.99. The van der Waals surface area contributed by atoms with Crippen molar-refractivity contribution >= 4 is 22.8 Å². The van der Waals surface area contributed by atoms with E-state index >= 15 is 0 Å². The molecule has 0 bridgehead atoms. The molecule has 15 heavy (non-hydrogen) atoms. The fourth-order valence-corrected chi connectivity index (χ4v) is 3.54. The quantitative estimate of drug-likeness (QED) is 0.394. The first kappa shape index (κ1) is 12.4. The van der Waals surface area contributed by atoms with Crippen LogP contribution in [-0.2, 0) is 30.0 Å². The smallest absolute Gasteiger partial charge is 0.356 e. The first-order chi connectivity index (χ1) is 7.18. The van der Waals surface area contributed by atoms with Crippen LogP contribution in [0.3, 0.4) is 0 Å². The number of rotatable bonds is 5. The van der Waals surface area contributed by atoms with Crippen LogP contribution in [-0.4, -0.2) is 42.4 Å². The van der Waals surface area contributed by atoms with Crippen LogP contribution in [0.2, 0.25) is 0 Å². The molecule has 1 aliphatic rings. The van der Waals surface area contributed by atoms with Crippen LogP contribution in [0.4, 0.5) is 0 Å². The molecular weight excluding hydrogens is 216 g/mol. The van der Waals surface area contributed by atoms with E-state index in [9.17, 15) is 9.59 Å². The zero-order valence-corrected chi connectivity index (χ0v) is 9.81. The van der Waals surface area contributed by atoms with Gasteiger partial charge in [-0.15, -0.1) is 0 Å². The minimum atomic E-state index is -0.344. The average Bonchev–Trinajstić information content (AvgIpc) is 2.64. The largest absolute Gasteiger partial charge is 0.462 e. The summed E-state index contributed by atoms with van der Waals surface area (Å²) in [5, 5.41) is 0. The number of hydrogen-bond donors (Lipinski definition) is 0. The van der Waals surface area contributed by atoms with E-state index in [1.165, 1.54) is 31.3 Å². The standard InChI is InChI=1S/C10H17O4S/c1-9(11)13-4-5-14-10(12)8-15-6-2-3-7-15/h2-8H2,1H3/q+1. The first-order valence-corrected chi connectivity index (χ1v) is 6.85. The lowest BCUT2D eigenvalue weighted by Crippen LogP contribution is -2.21. The van der Waals surface area contributed by atoms with Crippen molar-refractivity contribution in [1.82, 2.24) is 0 Å². The van der Waals surface area contributed by atoms with Crippen LogP contribution < -0.4 is 0 Å². The molecular formula is C10H17O4S+. The molecule has 0 N–H and O–H groups in total. The number of esters is 2. The van der Waals surface area contributed by atoms with E-state index in [2.05, 4.69) is 4.74 Å². The first-order valence-electron chi connectivity index (χ1n) is 5.11. The van der Waals surface area contributed by atoms with Crippen LogP contribution in [0.5, 0.6) is 0 Å².